The van der Waals surface area contributed by atoms with E-state index in [-0.39, 0.29) is 30.6 Å². The second-order valence-corrected chi connectivity index (χ2v) is 11.0. The molecule has 168 valence electrons. The Bertz CT molecular complexity index is 1070. The Labute approximate surface area is 198 Å². The first-order valence-corrected chi connectivity index (χ1v) is 12.4. The maximum atomic E-state index is 13.5. The van der Waals surface area contributed by atoms with Gasteiger partial charge in [0.1, 0.15) is 12.4 Å². The summed E-state index contributed by atoms with van der Waals surface area (Å²) in [7, 11) is -3.94. The average Bonchev–Trinajstić information content (AvgIpc) is 2.72. The molecule has 0 amide bonds. The minimum Gasteiger partial charge on any atom is -0.488 e. The van der Waals surface area contributed by atoms with Gasteiger partial charge in [-0.05, 0) is 54.8 Å². The van der Waals surface area contributed by atoms with Crippen molar-refractivity contribution in [2.45, 2.75) is 31.2 Å². The largest absolute Gasteiger partial charge is 0.488 e. The summed E-state index contributed by atoms with van der Waals surface area (Å²) in [5.74, 6) is 0.762. The Hall–Kier alpha value is -1.28. The van der Waals surface area contributed by atoms with Gasteiger partial charge in [-0.1, -0.05) is 48.7 Å². The molecular formula is C22H24Cl3NO4S. The van der Waals surface area contributed by atoms with Gasteiger partial charge in [-0.15, -0.1) is 0 Å². The van der Waals surface area contributed by atoms with Crippen molar-refractivity contribution < 1.29 is 18.3 Å². The molecule has 0 fully saturated rings. The van der Waals surface area contributed by atoms with Crippen LogP contribution in [0, 0.1) is 5.92 Å². The van der Waals surface area contributed by atoms with Crippen molar-refractivity contribution >= 4 is 49.9 Å². The standard InChI is InChI=1S/C22H24Cl3NO4S/c1-14(2)9-18(12-27)26(31(28,29)19-6-3-16(23)4-7-19)11-15-13-30-21-8-5-17(24)10-20(21)22(15)25/h3-8,10,14,18,27H,9,11-13H2,1-2H3/t18-/m1/s1. The third kappa shape index (κ3) is 5.56. The third-order valence-electron chi connectivity index (χ3n) is 5.02. The highest BCUT2D eigenvalue weighted by molar-refractivity contribution is 7.89. The molecule has 0 saturated heterocycles. The lowest BCUT2D eigenvalue weighted by Gasteiger charge is -2.33. The van der Waals surface area contributed by atoms with Crippen molar-refractivity contribution in [3.8, 4) is 5.75 Å². The van der Waals surface area contributed by atoms with E-state index >= 15 is 0 Å². The summed E-state index contributed by atoms with van der Waals surface area (Å²) < 4.78 is 34.2. The Kier molecular flexibility index (Phi) is 7.95. The molecule has 0 unspecified atom stereocenters. The molecule has 0 aromatic heterocycles. The summed E-state index contributed by atoms with van der Waals surface area (Å²) in [6.07, 6.45) is 0.484. The summed E-state index contributed by atoms with van der Waals surface area (Å²) in [6, 6.07) is 10.5. The van der Waals surface area contributed by atoms with Gasteiger partial charge in [0, 0.05) is 33.8 Å². The molecule has 1 N–H and O–H groups in total. The number of hydrogen-bond acceptors (Lipinski definition) is 4. The molecule has 2 aromatic carbocycles. The van der Waals surface area contributed by atoms with Crippen LogP contribution >= 0.6 is 34.8 Å². The summed E-state index contributed by atoms with van der Waals surface area (Å²) in [6.45, 7) is 3.75. The molecule has 31 heavy (non-hydrogen) atoms. The molecule has 2 aromatic rings. The number of rotatable bonds is 8. The molecule has 5 nitrogen and oxygen atoms in total. The normalized spacial score (nSPS) is 15.2. The zero-order valence-corrected chi connectivity index (χ0v) is 20.3. The number of aliphatic hydroxyl groups excluding tert-OH is 1. The monoisotopic (exact) mass is 503 g/mol. The van der Waals surface area contributed by atoms with Crippen molar-refractivity contribution in [3.05, 3.63) is 63.6 Å². The predicted molar refractivity (Wildman–Crippen MR) is 125 cm³/mol. The fourth-order valence-corrected chi connectivity index (χ4v) is 5.68. The quantitative estimate of drug-likeness (QED) is 0.520. The summed E-state index contributed by atoms with van der Waals surface area (Å²) in [4.78, 5) is 0.0935. The van der Waals surface area contributed by atoms with E-state index in [2.05, 4.69) is 0 Å². The van der Waals surface area contributed by atoms with E-state index in [1.165, 1.54) is 28.6 Å². The van der Waals surface area contributed by atoms with Gasteiger partial charge in [0.25, 0.3) is 0 Å². The summed E-state index contributed by atoms with van der Waals surface area (Å²) in [5, 5.41) is 11.4. The van der Waals surface area contributed by atoms with Crippen LogP contribution in [0.2, 0.25) is 10.0 Å². The number of benzene rings is 2. The molecule has 0 saturated carbocycles. The van der Waals surface area contributed by atoms with Gasteiger partial charge in [0.2, 0.25) is 10.0 Å². The number of halogens is 3. The van der Waals surface area contributed by atoms with Gasteiger partial charge < -0.3 is 9.84 Å². The number of nitrogens with zero attached hydrogens (tertiary/aromatic N) is 1. The molecule has 0 spiro atoms. The lowest BCUT2D eigenvalue weighted by Crippen LogP contribution is -2.45. The lowest BCUT2D eigenvalue weighted by molar-refractivity contribution is 0.171. The SMILES string of the molecule is CC(C)C[C@H](CO)N(CC1=C(Cl)c2cc(Cl)ccc2OC1)S(=O)(=O)c1ccc(Cl)cc1. The van der Waals surface area contributed by atoms with Crippen LogP contribution in [0.25, 0.3) is 5.03 Å². The highest BCUT2D eigenvalue weighted by Gasteiger charge is 2.34. The maximum absolute atomic E-state index is 13.5. The van der Waals surface area contributed by atoms with Crippen LogP contribution in [0.5, 0.6) is 5.75 Å². The Balaban J connectivity index is 2.05. The minimum absolute atomic E-state index is 0.0201. The second kappa shape index (κ2) is 10.1. The molecule has 0 radical (unpaired) electrons. The molecule has 1 aliphatic rings. The minimum atomic E-state index is -3.94. The van der Waals surface area contributed by atoms with E-state index in [1.54, 1.807) is 18.2 Å². The number of fused-ring (bicyclic) bond motifs is 1. The summed E-state index contributed by atoms with van der Waals surface area (Å²) >= 11 is 18.7. The van der Waals surface area contributed by atoms with Crippen LogP contribution in [0.4, 0.5) is 0 Å². The molecule has 9 heteroatoms. The Morgan fingerprint density at radius 3 is 2.32 bits per heavy atom. The predicted octanol–water partition coefficient (Wildman–Crippen LogP) is 5.43. The van der Waals surface area contributed by atoms with Crippen molar-refractivity contribution in [1.29, 1.82) is 0 Å². The van der Waals surface area contributed by atoms with Gasteiger partial charge in [0.05, 0.1) is 16.5 Å². The molecule has 3 rings (SSSR count). The average molecular weight is 505 g/mol. The van der Waals surface area contributed by atoms with Crippen LogP contribution in [0.1, 0.15) is 25.8 Å². The first-order valence-electron chi connectivity index (χ1n) is 9.82. The van der Waals surface area contributed by atoms with Gasteiger partial charge in [0.15, 0.2) is 0 Å². The molecule has 0 bridgehead atoms. The fraction of sp³-hybridized carbons (Fsp3) is 0.364. The molecular weight excluding hydrogens is 481 g/mol. The molecule has 1 atom stereocenters. The number of ether oxygens (including phenoxy) is 1. The zero-order chi connectivity index (χ0) is 22.8. The van der Waals surface area contributed by atoms with E-state index in [9.17, 15) is 13.5 Å². The van der Waals surface area contributed by atoms with E-state index in [1.807, 2.05) is 13.8 Å². The van der Waals surface area contributed by atoms with E-state index in [4.69, 9.17) is 39.5 Å². The van der Waals surface area contributed by atoms with Gasteiger partial charge in [-0.3, -0.25) is 0 Å². The zero-order valence-electron chi connectivity index (χ0n) is 17.2. The third-order valence-corrected chi connectivity index (χ3v) is 7.89. The summed E-state index contributed by atoms with van der Waals surface area (Å²) in [5.41, 5.74) is 1.21. The topological polar surface area (TPSA) is 66.8 Å². The van der Waals surface area contributed by atoms with E-state index in [0.717, 1.165) is 0 Å². The van der Waals surface area contributed by atoms with Crippen molar-refractivity contribution in [2.75, 3.05) is 19.8 Å². The van der Waals surface area contributed by atoms with Crippen molar-refractivity contribution in [1.82, 2.24) is 4.31 Å². The molecule has 1 heterocycles. The Morgan fingerprint density at radius 2 is 1.71 bits per heavy atom. The van der Waals surface area contributed by atoms with Crippen molar-refractivity contribution in [2.24, 2.45) is 5.92 Å². The van der Waals surface area contributed by atoms with Gasteiger partial charge >= 0.3 is 0 Å². The maximum Gasteiger partial charge on any atom is 0.243 e. The van der Waals surface area contributed by atoms with Gasteiger partial charge in [-0.25, -0.2) is 8.42 Å². The Morgan fingerprint density at radius 1 is 1.06 bits per heavy atom. The lowest BCUT2D eigenvalue weighted by atomic mass is 10.0. The fourth-order valence-electron chi connectivity index (χ4n) is 3.50. The van der Waals surface area contributed by atoms with Crippen molar-refractivity contribution in [3.63, 3.8) is 0 Å². The highest BCUT2D eigenvalue weighted by Crippen LogP contribution is 2.38. The molecule has 0 aliphatic carbocycles. The van der Waals surface area contributed by atoms with Crippen LogP contribution in [0.15, 0.2) is 52.9 Å². The number of sulfonamides is 1. The van der Waals surface area contributed by atoms with Gasteiger partial charge in [-0.2, -0.15) is 4.31 Å². The number of hydrogen-bond donors (Lipinski definition) is 1. The highest BCUT2D eigenvalue weighted by atomic mass is 35.5. The van der Waals surface area contributed by atoms with Crippen LogP contribution in [0.3, 0.4) is 0 Å². The smallest absolute Gasteiger partial charge is 0.243 e. The first kappa shape index (κ1) is 24.4. The van der Waals surface area contributed by atoms with E-state index < -0.39 is 16.1 Å². The van der Waals surface area contributed by atoms with Crippen LogP contribution in [-0.2, 0) is 10.0 Å². The molecule has 1 aliphatic heterocycles. The van der Waals surface area contributed by atoms with Crippen LogP contribution in [-0.4, -0.2) is 43.6 Å². The van der Waals surface area contributed by atoms with Crippen LogP contribution < -0.4 is 4.74 Å². The van der Waals surface area contributed by atoms with E-state index in [0.29, 0.717) is 38.4 Å². The number of aliphatic hydroxyl groups is 1. The second-order valence-electron chi connectivity index (χ2n) is 7.82. The first-order chi connectivity index (χ1) is 14.6.